The molecular formula is C15H27N3S. The summed E-state index contributed by atoms with van der Waals surface area (Å²) < 4.78 is 0. The van der Waals surface area contributed by atoms with Gasteiger partial charge in [0.15, 0.2) is 0 Å². The Morgan fingerprint density at radius 1 is 1.42 bits per heavy atom. The molecule has 0 unspecified atom stereocenters. The molecule has 0 aliphatic carbocycles. The molecule has 1 aromatic heterocycles. The quantitative estimate of drug-likeness (QED) is 0.869. The van der Waals surface area contributed by atoms with Gasteiger partial charge in [-0.1, -0.05) is 0 Å². The van der Waals surface area contributed by atoms with Crippen LogP contribution >= 0.6 is 11.3 Å². The Morgan fingerprint density at radius 2 is 2.16 bits per heavy atom. The molecule has 2 rings (SSSR count). The van der Waals surface area contributed by atoms with E-state index in [2.05, 4.69) is 36.0 Å². The molecule has 1 aliphatic rings. The van der Waals surface area contributed by atoms with Crippen LogP contribution in [0.15, 0.2) is 5.51 Å². The van der Waals surface area contributed by atoms with Crippen molar-refractivity contribution in [2.45, 2.75) is 46.1 Å². The summed E-state index contributed by atoms with van der Waals surface area (Å²) in [7, 11) is 0. The zero-order valence-electron chi connectivity index (χ0n) is 12.5. The maximum absolute atomic E-state index is 4.35. The van der Waals surface area contributed by atoms with Crippen molar-refractivity contribution in [1.29, 1.82) is 0 Å². The van der Waals surface area contributed by atoms with Crippen LogP contribution in [0.3, 0.4) is 0 Å². The van der Waals surface area contributed by atoms with Crippen LogP contribution in [-0.2, 0) is 6.42 Å². The highest BCUT2D eigenvalue weighted by Crippen LogP contribution is 2.17. The summed E-state index contributed by atoms with van der Waals surface area (Å²) in [5.41, 5.74) is 3.19. The lowest BCUT2D eigenvalue weighted by Crippen LogP contribution is -2.40. The molecule has 0 radical (unpaired) electrons. The van der Waals surface area contributed by atoms with Crippen molar-refractivity contribution in [2.24, 2.45) is 5.92 Å². The average Bonchev–Trinajstić information content (AvgIpc) is 2.81. The highest BCUT2D eigenvalue weighted by molar-refractivity contribution is 7.09. The first-order valence-electron chi connectivity index (χ1n) is 7.50. The van der Waals surface area contributed by atoms with Crippen LogP contribution in [-0.4, -0.2) is 42.1 Å². The van der Waals surface area contributed by atoms with Gasteiger partial charge in [0.1, 0.15) is 0 Å². The van der Waals surface area contributed by atoms with Gasteiger partial charge in [-0.25, -0.2) is 4.98 Å². The standard InChI is InChI=1S/C15H27N3S/c1-12(2)18(10-14-4-7-16-8-5-14)9-6-15-13(3)17-11-19-15/h11-12,14,16H,4-10H2,1-3H3. The highest BCUT2D eigenvalue weighted by Gasteiger charge is 2.19. The molecule has 19 heavy (non-hydrogen) atoms. The minimum atomic E-state index is 0.642. The lowest BCUT2D eigenvalue weighted by molar-refractivity contribution is 0.171. The van der Waals surface area contributed by atoms with Crippen molar-refractivity contribution in [3.8, 4) is 0 Å². The fourth-order valence-corrected chi connectivity index (χ4v) is 3.54. The van der Waals surface area contributed by atoms with Gasteiger partial charge in [-0.15, -0.1) is 11.3 Å². The third-order valence-electron chi connectivity index (χ3n) is 4.15. The number of nitrogens with one attached hydrogen (secondary N) is 1. The van der Waals surface area contributed by atoms with Crippen LogP contribution < -0.4 is 5.32 Å². The predicted molar refractivity (Wildman–Crippen MR) is 82.9 cm³/mol. The molecule has 108 valence electrons. The van der Waals surface area contributed by atoms with Gasteiger partial charge in [0.05, 0.1) is 11.2 Å². The molecule has 2 heterocycles. The molecule has 0 atom stereocenters. The molecule has 4 heteroatoms. The van der Waals surface area contributed by atoms with E-state index in [1.54, 1.807) is 11.3 Å². The first kappa shape index (κ1) is 14.9. The lowest BCUT2D eigenvalue weighted by atomic mass is 9.97. The highest BCUT2D eigenvalue weighted by atomic mass is 32.1. The van der Waals surface area contributed by atoms with E-state index in [1.165, 1.54) is 49.6 Å². The van der Waals surface area contributed by atoms with E-state index in [0.717, 1.165) is 12.3 Å². The second-order valence-electron chi connectivity index (χ2n) is 5.89. The van der Waals surface area contributed by atoms with Gasteiger partial charge in [-0.2, -0.15) is 0 Å². The average molecular weight is 281 g/mol. The number of thiazole rings is 1. The molecule has 0 saturated carbocycles. The van der Waals surface area contributed by atoms with Gasteiger partial charge in [-0.05, 0) is 59.0 Å². The van der Waals surface area contributed by atoms with Crippen LogP contribution in [0.25, 0.3) is 0 Å². The predicted octanol–water partition coefficient (Wildman–Crippen LogP) is 2.70. The van der Waals surface area contributed by atoms with Crippen molar-refractivity contribution < 1.29 is 0 Å². The third kappa shape index (κ3) is 4.55. The molecule has 1 aliphatic heterocycles. The Labute approximate surface area is 121 Å². The second kappa shape index (κ2) is 7.36. The van der Waals surface area contributed by atoms with Crippen LogP contribution in [0.1, 0.15) is 37.3 Å². The minimum absolute atomic E-state index is 0.642. The van der Waals surface area contributed by atoms with E-state index in [9.17, 15) is 0 Å². The molecule has 0 aromatic carbocycles. The summed E-state index contributed by atoms with van der Waals surface area (Å²) in [6.45, 7) is 11.6. The summed E-state index contributed by atoms with van der Waals surface area (Å²) in [5.74, 6) is 0.881. The van der Waals surface area contributed by atoms with Gasteiger partial charge in [0, 0.05) is 24.0 Å². The molecule has 0 spiro atoms. The van der Waals surface area contributed by atoms with Gasteiger partial charge in [0.25, 0.3) is 0 Å². The van der Waals surface area contributed by atoms with Crippen LogP contribution in [0, 0.1) is 12.8 Å². The summed E-state index contributed by atoms with van der Waals surface area (Å²) >= 11 is 1.80. The minimum Gasteiger partial charge on any atom is -0.317 e. The van der Waals surface area contributed by atoms with E-state index in [4.69, 9.17) is 0 Å². The monoisotopic (exact) mass is 281 g/mol. The summed E-state index contributed by atoms with van der Waals surface area (Å²) in [5, 5.41) is 3.45. The summed E-state index contributed by atoms with van der Waals surface area (Å²) in [6.07, 6.45) is 3.82. The van der Waals surface area contributed by atoms with E-state index in [0.29, 0.717) is 6.04 Å². The molecule has 1 fully saturated rings. The molecule has 1 saturated heterocycles. The number of hydrogen-bond donors (Lipinski definition) is 1. The Balaban J connectivity index is 1.83. The third-order valence-corrected chi connectivity index (χ3v) is 5.15. The molecule has 0 bridgehead atoms. The maximum atomic E-state index is 4.35. The largest absolute Gasteiger partial charge is 0.317 e. The first-order chi connectivity index (χ1) is 9.16. The maximum Gasteiger partial charge on any atom is 0.0797 e. The van der Waals surface area contributed by atoms with Crippen molar-refractivity contribution in [3.05, 3.63) is 16.1 Å². The Hall–Kier alpha value is -0.450. The Morgan fingerprint density at radius 3 is 2.74 bits per heavy atom. The number of aromatic nitrogens is 1. The normalized spacial score (nSPS) is 17.5. The van der Waals surface area contributed by atoms with E-state index < -0.39 is 0 Å². The number of aryl methyl sites for hydroxylation is 1. The molecule has 3 nitrogen and oxygen atoms in total. The Kier molecular flexibility index (Phi) is 5.79. The topological polar surface area (TPSA) is 28.2 Å². The molecule has 0 amide bonds. The number of nitrogens with zero attached hydrogens (tertiary/aromatic N) is 2. The number of hydrogen-bond acceptors (Lipinski definition) is 4. The van der Waals surface area contributed by atoms with Gasteiger partial charge >= 0.3 is 0 Å². The van der Waals surface area contributed by atoms with Crippen molar-refractivity contribution in [3.63, 3.8) is 0 Å². The zero-order chi connectivity index (χ0) is 13.7. The fraction of sp³-hybridized carbons (Fsp3) is 0.800. The first-order valence-corrected chi connectivity index (χ1v) is 8.38. The van der Waals surface area contributed by atoms with Crippen LogP contribution in [0.5, 0.6) is 0 Å². The summed E-state index contributed by atoms with van der Waals surface area (Å²) in [6, 6.07) is 0.642. The van der Waals surface area contributed by atoms with Gasteiger partial charge in [0.2, 0.25) is 0 Å². The van der Waals surface area contributed by atoms with Crippen molar-refractivity contribution in [1.82, 2.24) is 15.2 Å². The second-order valence-corrected chi connectivity index (χ2v) is 6.83. The SMILES string of the molecule is Cc1ncsc1CCN(CC1CCNCC1)C(C)C. The van der Waals surface area contributed by atoms with E-state index in [-0.39, 0.29) is 0 Å². The van der Waals surface area contributed by atoms with Gasteiger partial charge < -0.3 is 10.2 Å². The van der Waals surface area contributed by atoms with Crippen LogP contribution in [0.4, 0.5) is 0 Å². The summed E-state index contributed by atoms with van der Waals surface area (Å²) in [4.78, 5) is 8.45. The number of rotatable bonds is 6. The van der Waals surface area contributed by atoms with E-state index >= 15 is 0 Å². The molecular weight excluding hydrogens is 254 g/mol. The van der Waals surface area contributed by atoms with Gasteiger partial charge in [-0.3, -0.25) is 0 Å². The van der Waals surface area contributed by atoms with Crippen molar-refractivity contribution >= 4 is 11.3 Å². The lowest BCUT2D eigenvalue weighted by Gasteiger charge is -2.32. The van der Waals surface area contributed by atoms with Crippen LogP contribution in [0.2, 0.25) is 0 Å². The zero-order valence-corrected chi connectivity index (χ0v) is 13.3. The smallest absolute Gasteiger partial charge is 0.0797 e. The van der Waals surface area contributed by atoms with E-state index in [1.807, 2.05) is 5.51 Å². The fourth-order valence-electron chi connectivity index (χ4n) is 2.77. The Bertz CT molecular complexity index is 369. The molecule has 1 aromatic rings. The number of piperidine rings is 1. The van der Waals surface area contributed by atoms with Crippen molar-refractivity contribution in [2.75, 3.05) is 26.2 Å². The molecule has 1 N–H and O–H groups in total.